The second-order valence-corrected chi connectivity index (χ2v) is 8.17. The Bertz CT molecular complexity index is 1160. The number of halogens is 3. The molecule has 30 heavy (non-hydrogen) atoms. The minimum atomic E-state index is -2.98. The number of carbonyl (C=O) groups excluding carboxylic acids is 2. The molecular formula is C18H15ClF2N6O3. The van der Waals surface area contributed by atoms with E-state index in [1.165, 1.54) is 18.5 Å². The zero-order valence-corrected chi connectivity index (χ0v) is 16.1. The zero-order chi connectivity index (χ0) is 21.3. The van der Waals surface area contributed by atoms with Crippen LogP contribution in [0.5, 0.6) is 0 Å². The number of nitrogens with zero attached hydrogens (tertiary/aromatic N) is 3. The molecule has 5 rings (SSSR count). The summed E-state index contributed by atoms with van der Waals surface area (Å²) >= 11 is 6.19. The van der Waals surface area contributed by atoms with Gasteiger partial charge in [-0.2, -0.15) is 0 Å². The van der Waals surface area contributed by atoms with Crippen LogP contribution in [0.1, 0.15) is 36.2 Å². The highest BCUT2D eigenvalue weighted by Crippen LogP contribution is 2.51. The number of alkyl halides is 2. The molecule has 156 valence electrons. The fourth-order valence-electron chi connectivity index (χ4n) is 3.88. The highest BCUT2D eigenvalue weighted by molar-refractivity contribution is 6.34. The van der Waals surface area contributed by atoms with Crippen molar-refractivity contribution in [3.63, 3.8) is 0 Å². The molecule has 2 aromatic rings. The molecule has 0 bridgehead atoms. The Kier molecular flexibility index (Phi) is 3.91. The molecule has 0 radical (unpaired) electrons. The molecule has 0 aromatic carbocycles. The van der Waals surface area contributed by atoms with Gasteiger partial charge in [-0.3, -0.25) is 19.0 Å². The van der Waals surface area contributed by atoms with Gasteiger partial charge >= 0.3 is 0 Å². The first-order valence-corrected chi connectivity index (χ1v) is 9.62. The van der Waals surface area contributed by atoms with E-state index in [1.54, 1.807) is 0 Å². The Morgan fingerprint density at radius 3 is 2.57 bits per heavy atom. The Balaban J connectivity index is 1.48. The SMILES string of the molecule is O=C1NC2(CC(F)(F)C2)n2c1c(Cl)cc(Nc1cc(NC(=O)C3CC3)ncn1)c2=O. The number of anilines is 3. The van der Waals surface area contributed by atoms with Gasteiger partial charge in [0.25, 0.3) is 17.4 Å². The summed E-state index contributed by atoms with van der Waals surface area (Å²) in [5.41, 5.74) is -2.38. The highest BCUT2D eigenvalue weighted by atomic mass is 35.5. The van der Waals surface area contributed by atoms with Crippen molar-refractivity contribution in [2.75, 3.05) is 10.6 Å². The molecule has 1 aliphatic heterocycles. The summed E-state index contributed by atoms with van der Waals surface area (Å²) in [6.07, 6.45) is 1.49. The Labute approximate surface area is 172 Å². The molecule has 9 nitrogen and oxygen atoms in total. The first-order chi connectivity index (χ1) is 14.2. The van der Waals surface area contributed by atoms with Crippen LogP contribution in [0.4, 0.5) is 26.1 Å². The van der Waals surface area contributed by atoms with Crippen molar-refractivity contribution in [3.05, 3.63) is 39.5 Å². The van der Waals surface area contributed by atoms with Crippen LogP contribution in [0.3, 0.4) is 0 Å². The van der Waals surface area contributed by atoms with Gasteiger partial charge < -0.3 is 16.0 Å². The number of rotatable bonds is 4. The summed E-state index contributed by atoms with van der Waals surface area (Å²) < 4.78 is 28.2. The van der Waals surface area contributed by atoms with Crippen molar-refractivity contribution in [1.29, 1.82) is 0 Å². The molecule has 3 heterocycles. The van der Waals surface area contributed by atoms with E-state index in [-0.39, 0.29) is 39.9 Å². The Morgan fingerprint density at radius 2 is 1.90 bits per heavy atom. The summed E-state index contributed by atoms with van der Waals surface area (Å²) in [5, 5.41) is 7.85. The molecule has 3 N–H and O–H groups in total. The fraction of sp³-hybridized carbons (Fsp3) is 0.389. The molecule has 3 aliphatic rings. The average Bonchev–Trinajstić information content (AvgIpc) is 3.43. The zero-order valence-electron chi connectivity index (χ0n) is 15.3. The molecule has 0 unspecified atom stereocenters. The van der Waals surface area contributed by atoms with Gasteiger partial charge in [0.2, 0.25) is 5.91 Å². The third kappa shape index (κ3) is 3.00. The summed E-state index contributed by atoms with van der Waals surface area (Å²) in [7, 11) is 0. The second kappa shape index (κ2) is 6.21. The van der Waals surface area contributed by atoms with Crippen LogP contribution >= 0.6 is 11.6 Å². The van der Waals surface area contributed by atoms with Gasteiger partial charge in [0, 0.05) is 12.0 Å². The predicted octanol–water partition coefficient (Wildman–Crippen LogP) is 2.21. The number of nitrogens with one attached hydrogen (secondary N) is 3. The summed E-state index contributed by atoms with van der Waals surface area (Å²) in [6, 6.07) is 2.68. The van der Waals surface area contributed by atoms with Crippen molar-refractivity contribution in [3.8, 4) is 0 Å². The van der Waals surface area contributed by atoms with Crippen LogP contribution in [0.2, 0.25) is 5.02 Å². The topological polar surface area (TPSA) is 118 Å². The smallest absolute Gasteiger partial charge is 0.276 e. The predicted molar refractivity (Wildman–Crippen MR) is 102 cm³/mol. The van der Waals surface area contributed by atoms with E-state index in [4.69, 9.17) is 11.6 Å². The van der Waals surface area contributed by atoms with Crippen LogP contribution in [0, 0.1) is 5.92 Å². The quantitative estimate of drug-likeness (QED) is 0.676. The van der Waals surface area contributed by atoms with Crippen LogP contribution in [0.15, 0.2) is 23.3 Å². The standard InChI is InChI=1S/C18H15ClF2N6O3/c19-9-3-10(24-11-4-12(23-7-22-11)25-14(28)8-1-2-8)16(30)27-13(9)15(29)26-18(27)5-17(20,21)6-18/h3-4,7-8H,1-2,5-6H2,(H,26,29)(H2,22,23,24,25,28). The van der Waals surface area contributed by atoms with Gasteiger partial charge in [0.05, 0.1) is 17.9 Å². The minimum Gasteiger partial charge on any atom is -0.336 e. The second-order valence-electron chi connectivity index (χ2n) is 7.77. The fourth-order valence-corrected chi connectivity index (χ4v) is 4.16. The normalized spacial score (nSPS) is 20.3. The number of pyridine rings is 1. The van der Waals surface area contributed by atoms with E-state index in [9.17, 15) is 23.2 Å². The van der Waals surface area contributed by atoms with Gasteiger partial charge in [0.1, 0.15) is 35.0 Å². The summed E-state index contributed by atoms with van der Waals surface area (Å²) in [5.74, 6) is -3.37. The number of fused-ring (bicyclic) bond motifs is 2. The monoisotopic (exact) mass is 436 g/mol. The van der Waals surface area contributed by atoms with E-state index in [1.807, 2.05) is 0 Å². The van der Waals surface area contributed by atoms with E-state index >= 15 is 0 Å². The van der Waals surface area contributed by atoms with Crippen molar-refractivity contribution in [1.82, 2.24) is 19.9 Å². The first-order valence-electron chi connectivity index (χ1n) is 9.24. The largest absolute Gasteiger partial charge is 0.336 e. The van der Waals surface area contributed by atoms with Crippen LogP contribution in [-0.2, 0) is 10.5 Å². The highest BCUT2D eigenvalue weighted by Gasteiger charge is 2.62. The summed E-state index contributed by atoms with van der Waals surface area (Å²) in [6.45, 7) is 0. The van der Waals surface area contributed by atoms with E-state index < -0.39 is 35.9 Å². The lowest BCUT2D eigenvalue weighted by Crippen LogP contribution is -2.61. The van der Waals surface area contributed by atoms with Gasteiger partial charge in [0.15, 0.2) is 0 Å². The van der Waals surface area contributed by atoms with Crippen LogP contribution in [-0.4, -0.2) is 32.3 Å². The van der Waals surface area contributed by atoms with E-state index in [0.717, 1.165) is 17.4 Å². The van der Waals surface area contributed by atoms with E-state index in [0.29, 0.717) is 0 Å². The van der Waals surface area contributed by atoms with Gasteiger partial charge in [-0.1, -0.05) is 11.6 Å². The molecule has 2 fully saturated rings. The number of hydrogen-bond acceptors (Lipinski definition) is 6. The number of carbonyl (C=O) groups is 2. The third-order valence-corrected chi connectivity index (χ3v) is 5.66. The molecule has 2 amide bonds. The lowest BCUT2D eigenvalue weighted by Gasteiger charge is -2.45. The molecule has 0 saturated heterocycles. The molecule has 2 saturated carbocycles. The maximum atomic E-state index is 13.6. The van der Waals surface area contributed by atoms with Crippen molar-refractivity contribution in [2.24, 2.45) is 5.92 Å². The molecule has 1 spiro atoms. The first kappa shape index (κ1) is 18.9. The van der Waals surface area contributed by atoms with Crippen molar-refractivity contribution in [2.45, 2.75) is 37.3 Å². The maximum absolute atomic E-state index is 13.6. The van der Waals surface area contributed by atoms with Crippen molar-refractivity contribution >= 4 is 40.7 Å². The lowest BCUT2D eigenvalue weighted by atomic mass is 9.81. The molecule has 2 aliphatic carbocycles. The van der Waals surface area contributed by atoms with E-state index in [2.05, 4.69) is 25.9 Å². The Hall–Kier alpha value is -3.08. The third-order valence-electron chi connectivity index (χ3n) is 5.38. The van der Waals surface area contributed by atoms with Gasteiger partial charge in [-0.25, -0.2) is 18.7 Å². The van der Waals surface area contributed by atoms with Gasteiger partial charge in [-0.15, -0.1) is 0 Å². The molecule has 0 atom stereocenters. The van der Waals surface area contributed by atoms with Crippen LogP contribution in [0.25, 0.3) is 0 Å². The lowest BCUT2D eigenvalue weighted by molar-refractivity contribution is -0.157. The van der Waals surface area contributed by atoms with Crippen molar-refractivity contribution < 1.29 is 18.4 Å². The number of aromatic nitrogens is 3. The molecule has 12 heteroatoms. The number of amides is 2. The maximum Gasteiger partial charge on any atom is 0.276 e. The van der Waals surface area contributed by atoms with Crippen LogP contribution < -0.4 is 21.5 Å². The van der Waals surface area contributed by atoms with Gasteiger partial charge in [-0.05, 0) is 18.9 Å². The Morgan fingerprint density at radius 1 is 1.20 bits per heavy atom. The summed E-state index contributed by atoms with van der Waals surface area (Å²) in [4.78, 5) is 45.2. The number of hydrogen-bond donors (Lipinski definition) is 3. The molecule has 2 aromatic heterocycles. The molecular weight excluding hydrogens is 422 g/mol. The minimum absolute atomic E-state index is 0.0154. The average molecular weight is 437 g/mol.